The van der Waals surface area contributed by atoms with Crippen molar-refractivity contribution in [3.63, 3.8) is 0 Å². The summed E-state index contributed by atoms with van der Waals surface area (Å²) in [5, 5.41) is 15.4. The average Bonchev–Trinajstić information content (AvgIpc) is 2.78. The largest absolute Gasteiger partial charge is 0.872 e. The van der Waals surface area contributed by atoms with Gasteiger partial charge in [-0.05, 0) is 42.0 Å². The highest BCUT2D eigenvalue weighted by Gasteiger charge is 2.40. The quantitative estimate of drug-likeness (QED) is 0.281. The van der Waals surface area contributed by atoms with Crippen LogP contribution in [0, 0.1) is 0 Å². The Labute approximate surface area is 165 Å². The SMILES string of the molecule is COC(=O)/C(C[P+](C)(c1ccccc1)c1ccccc1)=C(/[O-])c1ccncc1. The van der Waals surface area contributed by atoms with E-state index in [1.54, 1.807) is 24.5 Å². The van der Waals surface area contributed by atoms with E-state index in [0.717, 1.165) is 10.6 Å². The van der Waals surface area contributed by atoms with E-state index in [-0.39, 0.29) is 11.3 Å². The average molecular weight is 391 g/mol. The fourth-order valence-corrected chi connectivity index (χ4v) is 6.42. The molecule has 0 atom stereocenters. The Morgan fingerprint density at radius 2 is 1.43 bits per heavy atom. The minimum absolute atomic E-state index is 0.164. The van der Waals surface area contributed by atoms with E-state index in [1.807, 2.05) is 36.4 Å². The van der Waals surface area contributed by atoms with Crippen LogP contribution in [-0.4, -0.2) is 30.9 Å². The van der Waals surface area contributed by atoms with Gasteiger partial charge in [0.2, 0.25) is 0 Å². The molecule has 0 aliphatic rings. The van der Waals surface area contributed by atoms with Crippen molar-refractivity contribution in [2.45, 2.75) is 0 Å². The molecule has 2 aromatic carbocycles. The van der Waals surface area contributed by atoms with Gasteiger partial charge in [-0.3, -0.25) is 4.98 Å². The summed E-state index contributed by atoms with van der Waals surface area (Å²) >= 11 is 0. The minimum Gasteiger partial charge on any atom is -0.872 e. The van der Waals surface area contributed by atoms with Crippen LogP contribution in [0.15, 0.2) is 90.8 Å². The first-order chi connectivity index (χ1) is 13.6. The molecular formula is C23H22NO3P. The number of aromatic nitrogens is 1. The Hall–Kier alpha value is -2.97. The standard InChI is InChI=1S/C23H22NO3P/c1-27-23(26)21(22(25)18-13-15-24-16-14-18)17-28(2,19-9-5-3-6-10-19)20-11-7-4-8-12-20/h3-16H,17H2,1-2H3. The number of esters is 1. The van der Waals surface area contributed by atoms with Gasteiger partial charge in [0.1, 0.15) is 0 Å². The molecule has 0 unspecified atom stereocenters. The highest BCUT2D eigenvalue weighted by atomic mass is 31.2. The van der Waals surface area contributed by atoms with Gasteiger partial charge in [-0.1, -0.05) is 42.2 Å². The molecule has 0 spiro atoms. The summed E-state index contributed by atoms with van der Waals surface area (Å²) in [5.41, 5.74) is 0.598. The Morgan fingerprint density at radius 1 is 0.929 bits per heavy atom. The second kappa shape index (κ2) is 8.81. The lowest BCUT2D eigenvalue weighted by molar-refractivity contribution is -0.245. The molecule has 0 saturated heterocycles. The maximum atomic E-state index is 13.1. The second-order valence-corrected chi connectivity index (χ2v) is 10.3. The first-order valence-corrected chi connectivity index (χ1v) is 11.3. The molecule has 28 heavy (non-hydrogen) atoms. The Bertz CT molecular complexity index is 917. The Morgan fingerprint density at radius 3 is 1.89 bits per heavy atom. The van der Waals surface area contributed by atoms with Gasteiger partial charge in [0.05, 0.1) is 43.4 Å². The van der Waals surface area contributed by atoms with Crippen molar-refractivity contribution in [1.82, 2.24) is 4.98 Å². The van der Waals surface area contributed by atoms with Crippen LogP contribution in [0.3, 0.4) is 0 Å². The van der Waals surface area contributed by atoms with Gasteiger partial charge >= 0.3 is 5.97 Å². The molecule has 3 aromatic rings. The molecule has 0 radical (unpaired) electrons. The highest BCUT2D eigenvalue weighted by Crippen LogP contribution is 2.54. The molecular weight excluding hydrogens is 369 g/mol. The van der Waals surface area contributed by atoms with Crippen molar-refractivity contribution in [3.05, 3.63) is 96.3 Å². The van der Waals surface area contributed by atoms with E-state index < -0.39 is 13.2 Å². The van der Waals surface area contributed by atoms with Crippen molar-refractivity contribution in [2.24, 2.45) is 0 Å². The molecule has 0 bridgehead atoms. The topological polar surface area (TPSA) is 62.2 Å². The third kappa shape index (κ3) is 4.13. The summed E-state index contributed by atoms with van der Waals surface area (Å²) in [6.45, 7) is 2.15. The van der Waals surface area contributed by atoms with Crippen molar-refractivity contribution in [1.29, 1.82) is 0 Å². The minimum atomic E-state index is -2.05. The number of methoxy groups -OCH3 is 1. The van der Waals surface area contributed by atoms with Crippen molar-refractivity contribution < 1.29 is 14.6 Å². The van der Waals surface area contributed by atoms with Crippen LogP contribution in [0.5, 0.6) is 0 Å². The predicted octanol–water partition coefficient (Wildman–Crippen LogP) is 2.62. The van der Waals surface area contributed by atoms with Gasteiger partial charge in [-0.2, -0.15) is 0 Å². The molecule has 0 aliphatic heterocycles. The highest BCUT2D eigenvalue weighted by molar-refractivity contribution is 7.89. The monoisotopic (exact) mass is 391 g/mol. The van der Waals surface area contributed by atoms with E-state index in [9.17, 15) is 9.90 Å². The van der Waals surface area contributed by atoms with Crippen LogP contribution >= 0.6 is 7.26 Å². The summed E-state index contributed by atoms with van der Waals surface area (Å²) in [6, 6.07) is 23.4. The van der Waals surface area contributed by atoms with Crippen LogP contribution in [-0.2, 0) is 9.53 Å². The lowest BCUT2D eigenvalue weighted by Crippen LogP contribution is -2.28. The maximum Gasteiger partial charge on any atom is 0.336 e. The number of hydrogen-bond acceptors (Lipinski definition) is 4. The summed E-state index contributed by atoms with van der Waals surface area (Å²) < 4.78 is 4.98. The van der Waals surface area contributed by atoms with Gasteiger partial charge in [0.15, 0.2) is 0 Å². The molecule has 0 saturated carbocycles. The van der Waals surface area contributed by atoms with Crippen molar-refractivity contribution in [3.8, 4) is 0 Å². The first-order valence-electron chi connectivity index (χ1n) is 8.92. The smallest absolute Gasteiger partial charge is 0.336 e. The van der Waals surface area contributed by atoms with Crippen molar-refractivity contribution >= 4 is 29.6 Å². The molecule has 4 nitrogen and oxygen atoms in total. The molecule has 0 amide bonds. The fraction of sp³-hybridized carbons (Fsp3) is 0.130. The predicted molar refractivity (Wildman–Crippen MR) is 113 cm³/mol. The Balaban J connectivity index is 2.16. The third-order valence-corrected chi connectivity index (χ3v) is 8.60. The number of carbonyl (C=O) groups is 1. The molecule has 142 valence electrons. The zero-order valence-electron chi connectivity index (χ0n) is 15.9. The van der Waals surface area contributed by atoms with E-state index in [0.29, 0.717) is 11.7 Å². The van der Waals surface area contributed by atoms with Crippen LogP contribution in [0.25, 0.3) is 5.76 Å². The van der Waals surface area contributed by atoms with Crippen LogP contribution in [0.1, 0.15) is 5.56 Å². The van der Waals surface area contributed by atoms with Gasteiger partial charge in [0, 0.05) is 12.4 Å². The van der Waals surface area contributed by atoms with E-state index >= 15 is 0 Å². The number of ether oxygens (including phenoxy) is 1. The molecule has 0 N–H and O–H groups in total. The van der Waals surface area contributed by atoms with Crippen LogP contribution in [0.4, 0.5) is 0 Å². The number of carbonyl (C=O) groups excluding carboxylic acids is 1. The van der Waals surface area contributed by atoms with E-state index in [4.69, 9.17) is 4.74 Å². The number of rotatable bonds is 6. The number of hydrogen-bond donors (Lipinski definition) is 0. The van der Waals surface area contributed by atoms with Gasteiger partial charge in [0.25, 0.3) is 0 Å². The molecule has 5 heteroatoms. The van der Waals surface area contributed by atoms with Crippen LogP contribution < -0.4 is 15.7 Å². The molecule has 3 rings (SSSR count). The first kappa shape index (κ1) is 19.8. The Kier molecular flexibility index (Phi) is 6.23. The molecule has 0 fully saturated rings. The van der Waals surface area contributed by atoms with Gasteiger partial charge < -0.3 is 9.84 Å². The molecule has 1 heterocycles. The summed E-state index contributed by atoms with van der Waals surface area (Å²) in [4.78, 5) is 16.5. The second-order valence-electron chi connectivity index (χ2n) is 6.56. The third-order valence-electron chi connectivity index (χ3n) is 4.77. The van der Waals surface area contributed by atoms with E-state index in [1.165, 1.54) is 7.11 Å². The van der Waals surface area contributed by atoms with Gasteiger partial charge in [-0.15, -0.1) is 0 Å². The molecule has 1 aromatic heterocycles. The number of nitrogens with zero attached hydrogens (tertiary/aromatic N) is 1. The lowest BCUT2D eigenvalue weighted by atomic mass is 10.1. The summed E-state index contributed by atoms with van der Waals surface area (Å²) in [5.74, 6) is -0.896. The maximum absolute atomic E-state index is 13.1. The number of pyridine rings is 1. The zero-order chi connectivity index (χ0) is 20.0. The number of benzene rings is 2. The van der Waals surface area contributed by atoms with E-state index in [2.05, 4.69) is 35.9 Å². The summed E-state index contributed by atoms with van der Waals surface area (Å²) in [6.07, 6.45) is 3.42. The van der Waals surface area contributed by atoms with Crippen molar-refractivity contribution in [2.75, 3.05) is 19.9 Å². The zero-order valence-corrected chi connectivity index (χ0v) is 16.8. The molecule has 0 aliphatic carbocycles. The fourth-order valence-electron chi connectivity index (χ4n) is 3.19. The van der Waals surface area contributed by atoms with Gasteiger partial charge in [-0.25, -0.2) is 4.79 Å². The summed E-state index contributed by atoms with van der Waals surface area (Å²) in [7, 11) is -0.737. The lowest BCUT2D eigenvalue weighted by Gasteiger charge is -2.26. The normalized spacial score (nSPS) is 12.2. The van der Waals surface area contributed by atoms with Crippen LogP contribution in [0.2, 0.25) is 0 Å².